The van der Waals surface area contributed by atoms with Gasteiger partial charge in [-0.25, -0.2) is 4.79 Å². The van der Waals surface area contributed by atoms with Gasteiger partial charge in [0.2, 0.25) is 5.91 Å². The quantitative estimate of drug-likeness (QED) is 0.801. The second-order valence-electron chi connectivity index (χ2n) is 6.60. The van der Waals surface area contributed by atoms with Crippen LogP contribution in [0.25, 0.3) is 0 Å². The maximum absolute atomic E-state index is 12.3. The van der Waals surface area contributed by atoms with E-state index in [4.69, 9.17) is 4.74 Å². The van der Waals surface area contributed by atoms with Crippen molar-refractivity contribution in [2.24, 2.45) is 0 Å². The molecule has 1 aromatic carbocycles. The lowest BCUT2D eigenvalue weighted by molar-refractivity contribution is -0.139. The molecule has 1 aliphatic rings. The van der Waals surface area contributed by atoms with E-state index in [-0.39, 0.29) is 17.4 Å². The molecule has 120 valence electrons. The lowest BCUT2D eigenvalue weighted by Gasteiger charge is -2.41. The predicted octanol–water partition coefficient (Wildman–Crippen LogP) is 1.92. The number of hydrogen-bond donors (Lipinski definition) is 0. The summed E-state index contributed by atoms with van der Waals surface area (Å²) in [6.45, 7) is 8.91. The van der Waals surface area contributed by atoms with E-state index in [0.717, 1.165) is 12.1 Å². The first-order chi connectivity index (χ1) is 10.3. The van der Waals surface area contributed by atoms with Gasteiger partial charge >= 0.3 is 5.97 Å². The molecule has 0 spiro atoms. The number of nitrogens with zero attached hydrogens (tertiary/aromatic N) is 2. The number of benzene rings is 1. The van der Waals surface area contributed by atoms with Crippen molar-refractivity contribution in [3.05, 3.63) is 35.4 Å². The number of carbonyl (C=O) groups excluding carboxylic acids is 2. The number of ether oxygens (including phenoxy) is 1. The van der Waals surface area contributed by atoms with Gasteiger partial charge in [0.15, 0.2) is 0 Å². The second-order valence-corrected chi connectivity index (χ2v) is 6.60. The molecule has 0 aliphatic carbocycles. The molecule has 2 rings (SSSR count). The lowest BCUT2D eigenvalue weighted by Crippen LogP contribution is -2.55. The minimum atomic E-state index is -0.356. The van der Waals surface area contributed by atoms with Crippen LogP contribution in [0.1, 0.15) is 36.7 Å². The molecule has 0 atom stereocenters. The third-order valence-corrected chi connectivity index (χ3v) is 3.99. The number of amides is 1. The highest BCUT2D eigenvalue weighted by atomic mass is 16.5. The molecule has 5 nitrogen and oxygen atoms in total. The Balaban J connectivity index is 2.03. The molecule has 1 amide bonds. The summed E-state index contributed by atoms with van der Waals surface area (Å²) in [6.07, 6.45) is 0. The Morgan fingerprint density at radius 1 is 1.27 bits per heavy atom. The Kier molecular flexibility index (Phi) is 4.86. The smallest absolute Gasteiger partial charge is 0.337 e. The standard InChI is InChI=1S/C17H24N2O3/c1-17(2,3)19-9-8-18(15(20)12-19)11-13-6-5-7-14(10-13)16(21)22-4/h5-7,10H,8-9,11-12H2,1-4H3. The third kappa shape index (κ3) is 3.85. The van der Waals surface area contributed by atoms with E-state index in [0.29, 0.717) is 25.2 Å². The van der Waals surface area contributed by atoms with E-state index < -0.39 is 0 Å². The van der Waals surface area contributed by atoms with E-state index in [9.17, 15) is 9.59 Å². The van der Waals surface area contributed by atoms with Crippen molar-refractivity contribution in [3.63, 3.8) is 0 Å². The molecule has 0 saturated carbocycles. The van der Waals surface area contributed by atoms with Gasteiger partial charge in [0.1, 0.15) is 0 Å². The Hall–Kier alpha value is -1.88. The molecule has 0 aromatic heterocycles. The van der Waals surface area contributed by atoms with Crippen LogP contribution >= 0.6 is 0 Å². The van der Waals surface area contributed by atoms with Crippen LogP contribution < -0.4 is 0 Å². The molecule has 1 aliphatic heterocycles. The Labute approximate surface area is 131 Å². The van der Waals surface area contributed by atoms with E-state index in [1.165, 1.54) is 7.11 Å². The number of methoxy groups -OCH3 is 1. The van der Waals surface area contributed by atoms with Gasteiger partial charge in [-0.1, -0.05) is 12.1 Å². The summed E-state index contributed by atoms with van der Waals surface area (Å²) in [6, 6.07) is 7.25. The number of carbonyl (C=O) groups is 2. The third-order valence-electron chi connectivity index (χ3n) is 3.99. The molecule has 1 saturated heterocycles. The molecule has 0 bridgehead atoms. The van der Waals surface area contributed by atoms with E-state index in [1.54, 1.807) is 12.1 Å². The van der Waals surface area contributed by atoms with Gasteiger partial charge in [0, 0.05) is 25.2 Å². The summed E-state index contributed by atoms with van der Waals surface area (Å²) in [5.41, 5.74) is 1.47. The SMILES string of the molecule is COC(=O)c1cccc(CN2CCN(C(C)(C)C)CC2=O)c1. The molecule has 0 unspecified atom stereocenters. The summed E-state index contributed by atoms with van der Waals surface area (Å²) in [7, 11) is 1.37. The van der Waals surface area contributed by atoms with Gasteiger partial charge in [-0.05, 0) is 38.5 Å². The highest BCUT2D eigenvalue weighted by Gasteiger charge is 2.30. The highest BCUT2D eigenvalue weighted by Crippen LogP contribution is 2.18. The van der Waals surface area contributed by atoms with Crippen LogP contribution in [0.3, 0.4) is 0 Å². The van der Waals surface area contributed by atoms with Gasteiger partial charge < -0.3 is 9.64 Å². The molecule has 1 fully saturated rings. The fourth-order valence-corrected chi connectivity index (χ4v) is 2.58. The van der Waals surface area contributed by atoms with Crippen molar-refractivity contribution in [2.45, 2.75) is 32.9 Å². The van der Waals surface area contributed by atoms with Gasteiger partial charge in [-0.15, -0.1) is 0 Å². The summed E-state index contributed by atoms with van der Waals surface area (Å²) >= 11 is 0. The van der Waals surface area contributed by atoms with Crippen LogP contribution in [-0.4, -0.2) is 54.0 Å². The molecule has 1 heterocycles. The van der Waals surface area contributed by atoms with Crippen molar-refractivity contribution < 1.29 is 14.3 Å². The fourth-order valence-electron chi connectivity index (χ4n) is 2.58. The van der Waals surface area contributed by atoms with Crippen LogP contribution in [0.5, 0.6) is 0 Å². The van der Waals surface area contributed by atoms with Crippen molar-refractivity contribution in [3.8, 4) is 0 Å². The van der Waals surface area contributed by atoms with Crippen molar-refractivity contribution >= 4 is 11.9 Å². The molecular weight excluding hydrogens is 280 g/mol. The van der Waals surface area contributed by atoms with Crippen LogP contribution in [0, 0.1) is 0 Å². The molecule has 1 aromatic rings. The first kappa shape index (κ1) is 16.5. The summed E-state index contributed by atoms with van der Waals surface area (Å²) in [5, 5.41) is 0. The topological polar surface area (TPSA) is 49.9 Å². The van der Waals surface area contributed by atoms with Gasteiger partial charge in [0.05, 0.1) is 19.2 Å². The van der Waals surface area contributed by atoms with Crippen molar-refractivity contribution in [1.29, 1.82) is 0 Å². The number of piperazine rings is 1. The summed E-state index contributed by atoms with van der Waals surface area (Å²) < 4.78 is 4.73. The van der Waals surface area contributed by atoms with Gasteiger partial charge in [0.25, 0.3) is 0 Å². The molecule has 5 heteroatoms. The predicted molar refractivity (Wildman–Crippen MR) is 84.5 cm³/mol. The Morgan fingerprint density at radius 2 is 2.00 bits per heavy atom. The molecule has 22 heavy (non-hydrogen) atoms. The van der Waals surface area contributed by atoms with E-state index >= 15 is 0 Å². The largest absolute Gasteiger partial charge is 0.465 e. The molecule has 0 radical (unpaired) electrons. The van der Waals surface area contributed by atoms with Crippen LogP contribution in [-0.2, 0) is 16.1 Å². The summed E-state index contributed by atoms with van der Waals surface area (Å²) in [5.74, 6) is -0.227. The highest BCUT2D eigenvalue weighted by molar-refractivity contribution is 5.89. The Bertz CT molecular complexity index is 563. The first-order valence-electron chi connectivity index (χ1n) is 7.51. The fraction of sp³-hybridized carbons (Fsp3) is 0.529. The van der Waals surface area contributed by atoms with Crippen molar-refractivity contribution in [1.82, 2.24) is 9.80 Å². The van der Waals surface area contributed by atoms with Crippen LogP contribution in [0.4, 0.5) is 0 Å². The summed E-state index contributed by atoms with van der Waals surface area (Å²) in [4.78, 5) is 27.9. The molecule has 0 N–H and O–H groups in total. The Morgan fingerprint density at radius 3 is 2.59 bits per heavy atom. The normalized spacial score (nSPS) is 16.7. The van der Waals surface area contributed by atoms with E-state index in [2.05, 4.69) is 25.7 Å². The molecular formula is C17H24N2O3. The minimum Gasteiger partial charge on any atom is -0.465 e. The number of esters is 1. The number of hydrogen-bond acceptors (Lipinski definition) is 4. The zero-order valence-electron chi connectivity index (χ0n) is 13.8. The monoisotopic (exact) mass is 304 g/mol. The maximum Gasteiger partial charge on any atom is 0.337 e. The van der Waals surface area contributed by atoms with E-state index in [1.807, 2.05) is 17.0 Å². The second kappa shape index (κ2) is 6.48. The van der Waals surface area contributed by atoms with Crippen molar-refractivity contribution in [2.75, 3.05) is 26.7 Å². The van der Waals surface area contributed by atoms with Gasteiger partial charge in [-0.3, -0.25) is 9.69 Å². The zero-order valence-corrected chi connectivity index (χ0v) is 13.8. The zero-order chi connectivity index (χ0) is 16.3. The number of rotatable bonds is 3. The lowest BCUT2D eigenvalue weighted by atomic mass is 10.0. The maximum atomic E-state index is 12.3. The average Bonchev–Trinajstić information content (AvgIpc) is 2.47. The van der Waals surface area contributed by atoms with Crippen LogP contribution in [0.2, 0.25) is 0 Å². The van der Waals surface area contributed by atoms with Gasteiger partial charge in [-0.2, -0.15) is 0 Å². The average molecular weight is 304 g/mol. The first-order valence-corrected chi connectivity index (χ1v) is 7.51. The minimum absolute atomic E-state index is 0.00650. The van der Waals surface area contributed by atoms with Crippen LogP contribution in [0.15, 0.2) is 24.3 Å².